The van der Waals surface area contributed by atoms with Gasteiger partial charge in [-0.2, -0.15) is 0 Å². The fourth-order valence-electron chi connectivity index (χ4n) is 2.01. The Balaban J connectivity index is 1.81. The molecule has 0 radical (unpaired) electrons. The van der Waals surface area contributed by atoms with Crippen LogP contribution in [0.2, 0.25) is 0 Å². The zero-order valence-electron chi connectivity index (χ0n) is 11.8. The molecule has 6 heteroatoms. The van der Waals surface area contributed by atoms with Crippen LogP contribution in [0, 0.1) is 0 Å². The molecular formula is C16H14BrN3S2. The maximum Gasteiger partial charge on any atom is 0.192 e. The van der Waals surface area contributed by atoms with Gasteiger partial charge in [-0.25, -0.2) is 0 Å². The molecule has 0 aliphatic carbocycles. The Bertz CT molecular complexity index is 748. The Morgan fingerprint density at radius 2 is 2.05 bits per heavy atom. The van der Waals surface area contributed by atoms with Crippen LogP contribution in [-0.2, 0) is 12.3 Å². The molecule has 0 saturated carbocycles. The van der Waals surface area contributed by atoms with Crippen molar-refractivity contribution in [1.29, 1.82) is 0 Å². The highest BCUT2D eigenvalue weighted by molar-refractivity contribution is 9.10. The zero-order chi connectivity index (χ0) is 15.4. The highest BCUT2D eigenvalue weighted by Crippen LogP contribution is 2.29. The molecule has 22 heavy (non-hydrogen) atoms. The van der Waals surface area contributed by atoms with Crippen molar-refractivity contribution in [3.8, 4) is 10.7 Å². The SMILES string of the molecule is C=CCn1c(SCc2ccc(Br)cc2)nnc1-c1cccs1. The first-order valence-electron chi connectivity index (χ1n) is 6.73. The third kappa shape index (κ3) is 3.51. The smallest absolute Gasteiger partial charge is 0.192 e. The van der Waals surface area contributed by atoms with Gasteiger partial charge in [0.2, 0.25) is 0 Å². The second kappa shape index (κ2) is 7.26. The van der Waals surface area contributed by atoms with Crippen molar-refractivity contribution in [1.82, 2.24) is 14.8 Å². The largest absolute Gasteiger partial charge is 0.297 e. The van der Waals surface area contributed by atoms with E-state index in [9.17, 15) is 0 Å². The van der Waals surface area contributed by atoms with Crippen molar-refractivity contribution in [2.45, 2.75) is 17.5 Å². The number of benzene rings is 1. The molecule has 0 aliphatic rings. The molecule has 0 saturated heterocycles. The molecule has 3 rings (SSSR count). The minimum absolute atomic E-state index is 0.711. The Hall–Kier alpha value is -1.37. The van der Waals surface area contributed by atoms with Gasteiger partial charge in [-0.1, -0.05) is 52.0 Å². The lowest BCUT2D eigenvalue weighted by Gasteiger charge is -2.06. The monoisotopic (exact) mass is 391 g/mol. The lowest BCUT2D eigenvalue weighted by molar-refractivity contribution is 0.732. The molecule has 0 spiro atoms. The van der Waals surface area contributed by atoms with Crippen molar-refractivity contribution in [3.05, 3.63) is 64.5 Å². The van der Waals surface area contributed by atoms with Crippen LogP contribution in [0.5, 0.6) is 0 Å². The minimum atomic E-state index is 0.711. The Kier molecular flexibility index (Phi) is 5.12. The molecule has 0 unspecified atom stereocenters. The fraction of sp³-hybridized carbons (Fsp3) is 0.125. The molecule has 0 aliphatic heterocycles. The normalized spacial score (nSPS) is 10.8. The van der Waals surface area contributed by atoms with E-state index in [1.807, 2.05) is 12.1 Å². The lowest BCUT2D eigenvalue weighted by Crippen LogP contribution is -1.99. The number of rotatable bonds is 6. The van der Waals surface area contributed by atoms with E-state index in [2.05, 4.69) is 73.0 Å². The lowest BCUT2D eigenvalue weighted by atomic mass is 10.2. The summed E-state index contributed by atoms with van der Waals surface area (Å²) in [7, 11) is 0. The van der Waals surface area contributed by atoms with Gasteiger partial charge in [-0.05, 0) is 29.1 Å². The maximum atomic E-state index is 4.35. The second-order valence-electron chi connectivity index (χ2n) is 4.60. The van der Waals surface area contributed by atoms with Gasteiger partial charge in [0, 0.05) is 16.8 Å². The summed E-state index contributed by atoms with van der Waals surface area (Å²) in [5.74, 6) is 1.78. The number of aromatic nitrogens is 3. The highest BCUT2D eigenvalue weighted by Gasteiger charge is 2.14. The molecule has 3 aromatic rings. The average Bonchev–Trinajstić information content (AvgIpc) is 3.17. The van der Waals surface area contributed by atoms with E-state index in [0.717, 1.165) is 26.1 Å². The van der Waals surface area contributed by atoms with Crippen molar-refractivity contribution in [2.75, 3.05) is 0 Å². The summed E-state index contributed by atoms with van der Waals surface area (Å²) in [6, 6.07) is 12.4. The second-order valence-corrected chi connectivity index (χ2v) is 7.40. The number of thiophene rings is 1. The summed E-state index contributed by atoms with van der Waals surface area (Å²) in [5.41, 5.74) is 1.26. The molecule has 0 bridgehead atoms. The van der Waals surface area contributed by atoms with Gasteiger partial charge in [-0.15, -0.1) is 28.1 Å². The first-order chi connectivity index (χ1) is 10.8. The molecule has 0 N–H and O–H groups in total. The van der Waals surface area contributed by atoms with Crippen molar-refractivity contribution in [2.24, 2.45) is 0 Å². The van der Waals surface area contributed by atoms with E-state index < -0.39 is 0 Å². The van der Waals surface area contributed by atoms with Gasteiger partial charge >= 0.3 is 0 Å². The van der Waals surface area contributed by atoms with Gasteiger partial charge in [0.25, 0.3) is 0 Å². The highest BCUT2D eigenvalue weighted by atomic mass is 79.9. The molecule has 2 aromatic heterocycles. The molecule has 1 aromatic carbocycles. The molecule has 0 fully saturated rings. The third-order valence-corrected chi connectivity index (χ3v) is 5.48. The van der Waals surface area contributed by atoms with Crippen LogP contribution in [0.25, 0.3) is 10.7 Å². The van der Waals surface area contributed by atoms with Gasteiger partial charge in [0.15, 0.2) is 11.0 Å². The van der Waals surface area contributed by atoms with Crippen LogP contribution in [0.3, 0.4) is 0 Å². The van der Waals surface area contributed by atoms with Crippen LogP contribution >= 0.6 is 39.0 Å². The molecule has 0 atom stereocenters. The number of nitrogens with zero attached hydrogens (tertiary/aromatic N) is 3. The van der Waals surface area contributed by atoms with E-state index in [4.69, 9.17) is 0 Å². The number of hydrogen-bond donors (Lipinski definition) is 0. The van der Waals surface area contributed by atoms with Crippen LogP contribution in [0.4, 0.5) is 0 Å². The van der Waals surface area contributed by atoms with E-state index >= 15 is 0 Å². The van der Waals surface area contributed by atoms with E-state index in [1.165, 1.54) is 5.56 Å². The summed E-state index contributed by atoms with van der Waals surface area (Å²) in [4.78, 5) is 1.13. The quantitative estimate of drug-likeness (QED) is 0.424. The molecule has 112 valence electrons. The summed E-state index contributed by atoms with van der Waals surface area (Å²) in [6.45, 7) is 4.55. The summed E-state index contributed by atoms with van der Waals surface area (Å²) in [5, 5.41) is 11.7. The number of allylic oxidation sites excluding steroid dienone is 1. The van der Waals surface area contributed by atoms with E-state index in [-0.39, 0.29) is 0 Å². The predicted octanol–water partition coefficient (Wildman–Crippen LogP) is 5.25. The van der Waals surface area contributed by atoms with E-state index in [0.29, 0.717) is 6.54 Å². The first kappa shape index (κ1) is 15.5. The van der Waals surface area contributed by atoms with Crippen molar-refractivity contribution in [3.63, 3.8) is 0 Å². The number of hydrogen-bond acceptors (Lipinski definition) is 4. The number of thioether (sulfide) groups is 1. The minimum Gasteiger partial charge on any atom is -0.297 e. The third-order valence-electron chi connectivity index (χ3n) is 3.05. The van der Waals surface area contributed by atoms with Crippen LogP contribution in [0.15, 0.2) is 64.1 Å². The molecule has 0 amide bonds. The molecule has 2 heterocycles. The maximum absolute atomic E-state index is 4.35. The van der Waals surface area contributed by atoms with Gasteiger partial charge < -0.3 is 0 Å². The van der Waals surface area contributed by atoms with Gasteiger partial charge in [0.1, 0.15) is 0 Å². The Morgan fingerprint density at radius 3 is 2.73 bits per heavy atom. The van der Waals surface area contributed by atoms with Crippen LogP contribution in [-0.4, -0.2) is 14.8 Å². The van der Waals surface area contributed by atoms with Crippen molar-refractivity contribution >= 4 is 39.0 Å². The Labute approximate surface area is 146 Å². The van der Waals surface area contributed by atoms with Gasteiger partial charge in [0.05, 0.1) is 4.88 Å². The summed E-state index contributed by atoms with van der Waals surface area (Å²) < 4.78 is 3.21. The standard InChI is InChI=1S/C16H14BrN3S2/c1-2-9-20-15(14-4-3-10-21-14)18-19-16(20)22-11-12-5-7-13(17)8-6-12/h2-8,10H,1,9,11H2. The first-order valence-corrected chi connectivity index (χ1v) is 9.39. The summed E-state index contributed by atoms with van der Waals surface area (Å²) in [6.07, 6.45) is 1.88. The van der Waals surface area contributed by atoms with Crippen LogP contribution < -0.4 is 0 Å². The van der Waals surface area contributed by atoms with Gasteiger partial charge in [-0.3, -0.25) is 4.57 Å². The van der Waals surface area contributed by atoms with E-state index in [1.54, 1.807) is 23.1 Å². The molecule has 3 nitrogen and oxygen atoms in total. The predicted molar refractivity (Wildman–Crippen MR) is 97.2 cm³/mol. The molecular weight excluding hydrogens is 378 g/mol. The Morgan fingerprint density at radius 1 is 1.23 bits per heavy atom. The summed E-state index contributed by atoms with van der Waals surface area (Å²) >= 11 is 6.82. The van der Waals surface area contributed by atoms with Crippen molar-refractivity contribution < 1.29 is 0 Å². The average molecular weight is 392 g/mol. The zero-order valence-corrected chi connectivity index (χ0v) is 15.0. The topological polar surface area (TPSA) is 30.7 Å². The fourth-order valence-corrected chi connectivity index (χ4v) is 3.89. The van der Waals surface area contributed by atoms with Crippen LogP contribution in [0.1, 0.15) is 5.56 Å². The number of halogens is 1.